The Balaban J connectivity index is 1.95. The van der Waals surface area contributed by atoms with E-state index in [4.69, 9.17) is 18.9 Å². The number of rotatable bonds is 5. The van der Waals surface area contributed by atoms with Crippen LogP contribution in [0.3, 0.4) is 0 Å². The van der Waals surface area contributed by atoms with E-state index >= 15 is 0 Å². The maximum absolute atomic E-state index is 6.20. The minimum Gasteiger partial charge on any atom is -0.497 e. The molecule has 1 aromatic heterocycles. The van der Waals surface area contributed by atoms with Gasteiger partial charge in [0.1, 0.15) is 28.5 Å². The minimum absolute atomic E-state index is 0.591. The van der Waals surface area contributed by atoms with Crippen LogP contribution in [0.1, 0.15) is 12.5 Å². The van der Waals surface area contributed by atoms with Crippen LogP contribution < -0.4 is 14.8 Å². The van der Waals surface area contributed by atoms with Crippen LogP contribution in [0, 0.1) is 6.92 Å². The molecule has 146 valence electrons. The summed E-state index contributed by atoms with van der Waals surface area (Å²) in [5, 5.41) is 1.81. The fraction of sp³-hybridized carbons (Fsp3) is 0.160. The molecule has 0 aliphatic heterocycles. The standard InChI is InChI=1S/C25H23NO3/c1-4-28-24-8-6-5-7-21(24)26-22-16-25(18-10-12-19(27-3)13-11-18)29-23-14-9-17(2)15-20(22)23/h5-16H,4H2,1-3H3. The lowest BCUT2D eigenvalue weighted by molar-refractivity contribution is 0.341. The highest BCUT2D eigenvalue weighted by molar-refractivity contribution is 5.79. The summed E-state index contributed by atoms with van der Waals surface area (Å²) in [6.45, 7) is 4.63. The summed E-state index contributed by atoms with van der Waals surface area (Å²) < 4.78 is 17.2. The number of hydrogen-bond acceptors (Lipinski definition) is 4. The molecule has 1 heterocycles. The zero-order valence-electron chi connectivity index (χ0n) is 16.8. The van der Waals surface area contributed by atoms with Gasteiger partial charge in [-0.1, -0.05) is 23.8 Å². The molecule has 4 aromatic rings. The average molecular weight is 385 g/mol. The van der Waals surface area contributed by atoms with Crippen LogP contribution >= 0.6 is 0 Å². The first-order valence-electron chi connectivity index (χ1n) is 9.63. The number of methoxy groups -OCH3 is 1. The lowest BCUT2D eigenvalue weighted by Gasteiger charge is -2.08. The molecule has 0 unspecified atom stereocenters. The van der Waals surface area contributed by atoms with E-state index in [0.29, 0.717) is 6.61 Å². The fourth-order valence-corrected chi connectivity index (χ4v) is 3.23. The van der Waals surface area contributed by atoms with Crippen molar-refractivity contribution in [2.24, 2.45) is 4.99 Å². The van der Waals surface area contributed by atoms with Gasteiger partial charge in [0.2, 0.25) is 0 Å². The van der Waals surface area contributed by atoms with Crippen molar-refractivity contribution >= 4 is 16.7 Å². The van der Waals surface area contributed by atoms with Gasteiger partial charge in [-0.3, -0.25) is 0 Å². The molecule has 29 heavy (non-hydrogen) atoms. The Hall–Kier alpha value is -3.53. The molecule has 0 saturated heterocycles. The van der Waals surface area contributed by atoms with Gasteiger partial charge in [0.05, 0.1) is 19.1 Å². The number of ether oxygens (including phenoxy) is 2. The Labute approximate surface area is 170 Å². The fourth-order valence-electron chi connectivity index (χ4n) is 3.23. The predicted octanol–water partition coefficient (Wildman–Crippen LogP) is 6.05. The molecule has 0 saturated carbocycles. The molecule has 0 N–H and O–H groups in total. The second kappa shape index (κ2) is 8.23. The summed E-state index contributed by atoms with van der Waals surface area (Å²) in [6.07, 6.45) is 0. The number of nitrogens with zero attached hydrogens (tertiary/aromatic N) is 1. The van der Waals surface area contributed by atoms with Crippen molar-refractivity contribution in [3.63, 3.8) is 0 Å². The van der Waals surface area contributed by atoms with Crippen molar-refractivity contribution in [1.82, 2.24) is 0 Å². The molecule has 4 rings (SSSR count). The Bertz CT molecular complexity index is 1210. The Morgan fingerprint density at radius 1 is 0.931 bits per heavy atom. The number of aryl methyl sites for hydroxylation is 1. The van der Waals surface area contributed by atoms with Gasteiger partial charge in [-0.15, -0.1) is 0 Å². The SMILES string of the molecule is CCOc1ccccc1N=c1cc(-c2ccc(OC)cc2)oc2ccc(C)cc12. The van der Waals surface area contributed by atoms with E-state index in [9.17, 15) is 0 Å². The first-order valence-corrected chi connectivity index (χ1v) is 9.63. The summed E-state index contributed by atoms with van der Waals surface area (Å²) in [6, 6.07) is 23.7. The van der Waals surface area contributed by atoms with Crippen LogP contribution in [0.2, 0.25) is 0 Å². The van der Waals surface area contributed by atoms with E-state index in [1.165, 1.54) is 0 Å². The quantitative estimate of drug-likeness (QED) is 0.420. The summed E-state index contributed by atoms with van der Waals surface area (Å²) in [7, 11) is 1.66. The first kappa shape index (κ1) is 18.8. The summed E-state index contributed by atoms with van der Waals surface area (Å²) in [4.78, 5) is 4.94. The van der Waals surface area contributed by atoms with Gasteiger partial charge in [-0.25, -0.2) is 4.99 Å². The third kappa shape index (κ3) is 4.02. The molecule has 0 bridgehead atoms. The van der Waals surface area contributed by atoms with Gasteiger partial charge < -0.3 is 13.9 Å². The van der Waals surface area contributed by atoms with E-state index in [1.807, 2.05) is 73.7 Å². The monoisotopic (exact) mass is 385 g/mol. The number of hydrogen-bond donors (Lipinski definition) is 0. The smallest absolute Gasteiger partial charge is 0.144 e. The van der Waals surface area contributed by atoms with Crippen LogP contribution in [0.5, 0.6) is 11.5 Å². The van der Waals surface area contributed by atoms with Gasteiger partial charge in [0, 0.05) is 17.0 Å². The lowest BCUT2D eigenvalue weighted by Crippen LogP contribution is -2.04. The molecular formula is C25H23NO3. The van der Waals surface area contributed by atoms with Crippen molar-refractivity contribution in [2.45, 2.75) is 13.8 Å². The van der Waals surface area contributed by atoms with Gasteiger partial charge in [-0.05, 0) is 62.4 Å². The highest BCUT2D eigenvalue weighted by Gasteiger charge is 2.08. The lowest BCUT2D eigenvalue weighted by atomic mass is 10.1. The van der Waals surface area contributed by atoms with Gasteiger partial charge >= 0.3 is 0 Å². The Morgan fingerprint density at radius 3 is 2.48 bits per heavy atom. The zero-order valence-corrected chi connectivity index (χ0v) is 16.8. The van der Waals surface area contributed by atoms with Gasteiger partial charge in [0.15, 0.2) is 0 Å². The highest BCUT2D eigenvalue weighted by Crippen LogP contribution is 2.28. The van der Waals surface area contributed by atoms with Crippen LogP contribution in [-0.2, 0) is 0 Å². The molecule has 3 aromatic carbocycles. The van der Waals surface area contributed by atoms with Crippen molar-refractivity contribution in [3.05, 3.63) is 83.7 Å². The molecule has 0 fully saturated rings. The van der Waals surface area contributed by atoms with E-state index in [0.717, 1.165) is 50.4 Å². The van der Waals surface area contributed by atoms with E-state index < -0.39 is 0 Å². The van der Waals surface area contributed by atoms with Crippen molar-refractivity contribution in [2.75, 3.05) is 13.7 Å². The highest BCUT2D eigenvalue weighted by atomic mass is 16.5. The predicted molar refractivity (Wildman–Crippen MR) is 116 cm³/mol. The largest absolute Gasteiger partial charge is 0.497 e. The molecule has 0 radical (unpaired) electrons. The molecule has 0 aliphatic rings. The summed E-state index contributed by atoms with van der Waals surface area (Å²) in [5.74, 6) is 2.32. The van der Waals surface area contributed by atoms with Gasteiger partial charge in [0.25, 0.3) is 0 Å². The van der Waals surface area contributed by atoms with Crippen LogP contribution in [0.15, 0.2) is 82.2 Å². The minimum atomic E-state index is 0.591. The van der Waals surface area contributed by atoms with E-state index in [2.05, 4.69) is 13.0 Å². The molecule has 0 amide bonds. The normalized spacial score (nSPS) is 11.6. The van der Waals surface area contributed by atoms with E-state index in [1.54, 1.807) is 7.11 Å². The first-order chi connectivity index (χ1) is 14.2. The topological polar surface area (TPSA) is 44.0 Å². The molecular weight excluding hydrogens is 362 g/mol. The number of para-hydroxylation sites is 2. The maximum Gasteiger partial charge on any atom is 0.144 e. The summed E-state index contributed by atoms with van der Waals surface area (Å²) in [5.41, 5.74) is 3.70. The van der Waals surface area contributed by atoms with Crippen molar-refractivity contribution in [3.8, 4) is 22.8 Å². The van der Waals surface area contributed by atoms with Crippen molar-refractivity contribution < 1.29 is 13.9 Å². The Morgan fingerprint density at radius 2 is 1.72 bits per heavy atom. The van der Waals surface area contributed by atoms with Crippen molar-refractivity contribution in [1.29, 1.82) is 0 Å². The third-order valence-corrected chi connectivity index (χ3v) is 4.68. The van der Waals surface area contributed by atoms with Crippen LogP contribution in [0.25, 0.3) is 22.3 Å². The average Bonchev–Trinajstić information content (AvgIpc) is 2.75. The molecule has 0 aliphatic carbocycles. The van der Waals surface area contributed by atoms with Crippen LogP contribution in [0.4, 0.5) is 5.69 Å². The second-order valence-electron chi connectivity index (χ2n) is 6.74. The molecule has 4 nitrogen and oxygen atoms in total. The van der Waals surface area contributed by atoms with Gasteiger partial charge in [-0.2, -0.15) is 0 Å². The zero-order chi connectivity index (χ0) is 20.2. The second-order valence-corrected chi connectivity index (χ2v) is 6.74. The van der Waals surface area contributed by atoms with E-state index in [-0.39, 0.29) is 0 Å². The van der Waals surface area contributed by atoms with Crippen LogP contribution in [-0.4, -0.2) is 13.7 Å². The maximum atomic E-state index is 6.20. The molecule has 0 spiro atoms. The molecule has 0 atom stereocenters. The number of fused-ring (bicyclic) bond motifs is 1. The summed E-state index contributed by atoms with van der Waals surface area (Å²) >= 11 is 0. The molecule has 4 heteroatoms. The Kier molecular flexibility index (Phi) is 5.34. The number of benzene rings is 3. The third-order valence-electron chi connectivity index (χ3n) is 4.68.